The van der Waals surface area contributed by atoms with Gasteiger partial charge in [0, 0.05) is 43.0 Å². The van der Waals surface area contributed by atoms with E-state index >= 15 is 0 Å². The molecular weight excluding hydrogens is 602 g/mol. The molecule has 3 heterocycles. The monoisotopic (exact) mass is 637 g/mol. The average Bonchev–Trinajstić information content (AvgIpc) is 3.38. The molecular formula is C30H35F4N5O4S. The minimum Gasteiger partial charge on any atom is -0.454 e. The van der Waals surface area contributed by atoms with E-state index in [2.05, 4.69) is 29.8 Å². The van der Waals surface area contributed by atoms with Gasteiger partial charge in [0.25, 0.3) is 0 Å². The van der Waals surface area contributed by atoms with E-state index in [1.807, 2.05) is 33.8 Å². The van der Waals surface area contributed by atoms with Crippen LogP contribution < -0.4 is 14.9 Å². The van der Waals surface area contributed by atoms with Gasteiger partial charge in [0.15, 0.2) is 6.61 Å². The molecule has 1 saturated heterocycles. The normalized spacial score (nSPS) is 22.0. The second-order valence-electron chi connectivity index (χ2n) is 12.2. The third-order valence-corrected chi connectivity index (χ3v) is 9.39. The molecule has 14 heteroatoms. The molecule has 1 fully saturated rings. The number of sulfonamides is 1. The Labute approximate surface area is 254 Å². The number of rotatable bonds is 8. The van der Waals surface area contributed by atoms with E-state index in [1.165, 1.54) is 24.5 Å². The van der Waals surface area contributed by atoms with Crippen LogP contribution in [0.15, 0.2) is 59.8 Å². The highest BCUT2D eigenvalue weighted by molar-refractivity contribution is 7.89. The summed E-state index contributed by atoms with van der Waals surface area (Å²) >= 11 is 0. The third kappa shape index (κ3) is 7.37. The number of hydrogen-bond donors (Lipinski definition) is 2. The number of alkyl halides is 3. The molecule has 2 aliphatic rings. The summed E-state index contributed by atoms with van der Waals surface area (Å²) in [4.78, 5) is 15.9. The Kier molecular flexibility index (Phi) is 9.02. The maximum atomic E-state index is 14.2. The van der Waals surface area contributed by atoms with Crippen molar-refractivity contribution in [2.75, 3.05) is 13.2 Å². The number of hydrogen-bond acceptors (Lipinski definition) is 8. The Bertz CT molecular complexity index is 1580. The van der Waals surface area contributed by atoms with Crippen LogP contribution in [0.3, 0.4) is 0 Å². The van der Waals surface area contributed by atoms with Crippen molar-refractivity contribution in [1.82, 2.24) is 25.1 Å². The molecule has 5 rings (SSSR count). The van der Waals surface area contributed by atoms with E-state index in [1.54, 1.807) is 24.3 Å². The molecule has 0 aliphatic carbocycles. The molecule has 1 aromatic heterocycles. The fourth-order valence-electron chi connectivity index (χ4n) is 5.62. The summed E-state index contributed by atoms with van der Waals surface area (Å²) in [6.07, 6.45) is -2.24. The summed E-state index contributed by atoms with van der Waals surface area (Å²) in [7, 11) is -4.03. The number of benzene rings is 2. The van der Waals surface area contributed by atoms with Gasteiger partial charge in [-0.15, -0.1) is 0 Å². The molecule has 9 nitrogen and oxygen atoms in total. The molecule has 2 N–H and O–H groups in total. The average molecular weight is 638 g/mol. The topological polar surface area (TPSA) is 106 Å². The first kappa shape index (κ1) is 32.2. The third-order valence-electron chi connectivity index (χ3n) is 7.95. The zero-order valence-corrected chi connectivity index (χ0v) is 25.5. The number of hydroxylamine groups is 1. The second-order valence-corrected chi connectivity index (χ2v) is 13.9. The number of aromatic nitrogens is 2. The summed E-state index contributed by atoms with van der Waals surface area (Å²) < 4.78 is 86.1. The Morgan fingerprint density at radius 1 is 1.11 bits per heavy atom. The first-order valence-electron chi connectivity index (χ1n) is 14.2. The van der Waals surface area contributed by atoms with Gasteiger partial charge in [-0.25, -0.2) is 22.8 Å². The zero-order valence-electron chi connectivity index (χ0n) is 24.7. The molecule has 44 heavy (non-hydrogen) atoms. The van der Waals surface area contributed by atoms with E-state index in [0.29, 0.717) is 30.6 Å². The van der Waals surface area contributed by atoms with Gasteiger partial charge >= 0.3 is 12.2 Å². The van der Waals surface area contributed by atoms with E-state index in [9.17, 15) is 26.0 Å². The number of nitrogens with zero attached hydrogens (tertiary/aromatic N) is 3. The van der Waals surface area contributed by atoms with Crippen LogP contribution in [0.1, 0.15) is 61.9 Å². The van der Waals surface area contributed by atoms with Crippen molar-refractivity contribution < 1.29 is 35.6 Å². The molecule has 3 aromatic rings. The maximum absolute atomic E-state index is 14.2. The van der Waals surface area contributed by atoms with Gasteiger partial charge in [-0.1, -0.05) is 39.0 Å². The van der Waals surface area contributed by atoms with Crippen LogP contribution in [0.4, 0.5) is 17.6 Å². The van der Waals surface area contributed by atoms with Crippen LogP contribution in [-0.4, -0.2) is 54.9 Å². The summed E-state index contributed by atoms with van der Waals surface area (Å²) in [6, 6.07) is 10.5. The highest BCUT2D eigenvalue weighted by Gasteiger charge is 2.46. The van der Waals surface area contributed by atoms with Crippen molar-refractivity contribution in [2.24, 2.45) is 5.41 Å². The molecule has 0 amide bonds. The molecule has 0 bridgehead atoms. The highest BCUT2D eigenvalue weighted by Crippen LogP contribution is 2.40. The summed E-state index contributed by atoms with van der Waals surface area (Å²) in [5.41, 5.74) is 5.61. The summed E-state index contributed by atoms with van der Waals surface area (Å²) in [5.74, 6) is -0.920. The largest absolute Gasteiger partial charge is 0.454 e. The Morgan fingerprint density at radius 2 is 1.84 bits per heavy atom. The molecule has 2 aliphatic heterocycles. The fourth-order valence-corrected chi connectivity index (χ4v) is 6.83. The fraction of sp³-hybridized carbons (Fsp3) is 0.467. The van der Waals surface area contributed by atoms with Crippen molar-refractivity contribution in [3.05, 3.63) is 82.9 Å². The Morgan fingerprint density at radius 3 is 2.50 bits per heavy atom. The van der Waals surface area contributed by atoms with Gasteiger partial charge in [0.05, 0.1) is 11.0 Å². The quantitative estimate of drug-likeness (QED) is 0.332. The molecule has 0 radical (unpaired) electrons. The van der Waals surface area contributed by atoms with Gasteiger partial charge in [-0.3, -0.25) is 9.74 Å². The first-order chi connectivity index (χ1) is 20.6. The maximum Gasteiger partial charge on any atom is 0.422 e. The van der Waals surface area contributed by atoms with Crippen molar-refractivity contribution >= 4 is 10.0 Å². The minimum absolute atomic E-state index is 0.0826. The lowest BCUT2D eigenvalue weighted by Crippen LogP contribution is -2.45. The van der Waals surface area contributed by atoms with Crippen LogP contribution >= 0.6 is 0 Å². The smallest absolute Gasteiger partial charge is 0.422 e. The van der Waals surface area contributed by atoms with E-state index in [-0.39, 0.29) is 22.4 Å². The van der Waals surface area contributed by atoms with E-state index in [4.69, 9.17) is 4.84 Å². The number of ether oxygens (including phenoxy) is 1. The summed E-state index contributed by atoms with van der Waals surface area (Å²) in [6.45, 7) is 7.49. The van der Waals surface area contributed by atoms with Gasteiger partial charge in [0.2, 0.25) is 10.0 Å². The first-order valence-corrected chi connectivity index (χ1v) is 15.7. The van der Waals surface area contributed by atoms with Crippen molar-refractivity contribution in [2.45, 2.75) is 76.0 Å². The minimum atomic E-state index is -4.49. The van der Waals surface area contributed by atoms with Gasteiger partial charge in [-0.05, 0) is 59.7 Å². The van der Waals surface area contributed by atoms with Crippen LogP contribution in [-0.2, 0) is 27.8 Å². The lowest BCUT2D eigenvalue weighted by molar-refractivity contribution is -0.154. The number of halogens is 4. The van der Waals surface area contributed by atoms with Crippen molar-refractivity contribution in [3.8, 4) is 6.01 Å². The molecule has 4 atom stereocenters. The molecule has 238 valence electrons. The number of fused-ring (bicyclic) bond motifs is 1. The predicted octanol–water partition coefficient (Wildman–Crippen LogP) is 5.01. The molecule has 2 aromatic carbocycles. The van der Waals surface area contributed by atoms with Crippen molar-refractivity contribution in [3.63, 3.8) is 0 Å². The molecule has 0 spiro atoms. The van der Waals surface area contributed by atoms with E-state index < -0.39 is 46.8 Å². The second kappa shape index (κ2) is 12.3. The summed E-state index contributed by atoms with van der Waals surface area (Å²) in [5, 5.41) is 0. The van der Waals surface area contributed by atoms with E-state index in [0.717, 1.165) is 11.1 Å². The standard InChI is InChI=1S/C30H35F4N5O4S/c1-18(22-14-35-28(36-15-22)42-17-30(32,33)34)39-11-10-19-8-9-24(13-21(19)16-39)44(40,41)38-27-25(20-6-5-7-23(31)12-20)26(43-37-27)29(2,3)4/h5-9,12-15,18,25-27,37-38H,10-11,16-17H2,1-4H3/t18-,25?,26?,27?/m1/s1. The Balaban J connectivity index is 1.31. The van der Waals surface area contributed by atoms with Crippen LogP contribution in [0.5, 0.6) is 6.01 Å². The van der Waals surface area contributed by atoms with Crippen molar-refractivity contribution in [1.29, 1.82) is 0 Å². The number of nitrogens with one attached hydrogen (secondary N) is 2. The van der Waals surface area contributed by atoms with Crippen LogP contribution in [0.2, 0.25) is 0 Å². The molecule has 3 unspecified atom stereocenters. The lowest BCUT2D eigenvalue weighted by Gasteiger charge is -2.34. The lowest BCUT2D eigenvalue weighted by atomic mass is 9.78. The van der Waals surface area contributed by atoms with Gasteiger partial charge in [-0.2, -0.15) is 23.4 Å². The van der Waals surface area contributed by atoms with Crippen LogP contribution in [0.25, 0.3) is 0 Å². The predicted molar refractivity (Wildman–Crippen MR) is 153 cm³/mol. The molecule has 0 saturated carbocycles. The Hall–Kier alpha value is -3.17. The highest BCUT2D eigenvalue weighted by atomic mass is 32.2. The zero-order chi connectivity index (χ0) is 31.9. The SMILES string of the molecule is C[C@H](c1cnc(OCC(F)(F)F)nc1)N1CCc2ccc(S(=O)(=O)NC3NOC(C(C)(C)C)C3c3cccc(F)c3)cc2C1. The van der Waals surface area contributed by atoms with Crippen LogP contribution in [0, 0.1) is 11.2 Å². The van der Waals surface area contributed by atoms with Gasteiger partial charge in [0.1, 0.15) is 12.0 Å². The van der Waals surface area contributed by atoms with Gasteiger partial charge < -0.3 is 4.74 Å².